The van der Waals surface area contributed by atoms with Crippen molar-refractivity contribution < 1.29 is 19.1 Å². The highest BCUT2D eigenvalue weighted by Crippen LogP contribution is 2.28. The van der Waals surface area contributed by atoms with Crippen molar-refractivity contribution >= 4 is 11.8 Å². The highest BCUT2D eigenvalue weighted by molar-refractivity contribution is 5.89. The Morgan fingerprint density at radius 2 is 1.31 bits per heavy atom. The highest BCUT2D eigenvalue weighted by atomic mass is 16.5. The molecule has 4 aromatic carbocycles. The molecule has 0 saturated heterocycles. The third-order valence-electron chi connectivity index (χ3n) is 6.55. The maximum absolute atomic E-state index is 13.8. The number of nitrogens with zero attached hydrogens (tertiary/aromatic N) is 1. The summed E-state index contributed by atoms with van der Waals surface area (Å²) in [4.78, 5) is 29.3. The van der Waals surface area contributed by atoms with Gasteiger partial charge in [0, 0.05) is 13.1 Å². The Hall–Kier alpha value is -4.58. The fraction of sp³-hybridized carbons (Fsp3) is 0.212. The van der Waals surface area contributed by atoms with E-state index in [4.69, 9.17) is 9.47 Å². The second-order valence-electron chi connectivity index (χ2n) is 9.21. The molecule has 4 rings (SSSR count). The van der Waals surface area contributed by atoms with Crippen LogP contribution in [0.2, 0.25) is 0 Å². The van der Waals surface area contributed by atoms with Gasteiger partial charge in [0.1, 0.15) is 6.04 Å². The molecule has 0 heterocycles. The lowest BCUT2D eigenvalue weighted by Gasteiger charge is -2.32. The lowest BCUT2D eigenvalue weighted by atomic mass is 10.0. The van der Waals surface area contributed by atoms with Crippen molar-refractivity contribution in [1.82, 2.24) is 10.2 Å². The van der Waals surface area contributed by atoms with E-state index in [2.05, 4.69) is 5.32 Å². The summed E-state index contributed by atoms with van der Waals surface area (Å²) in [6.45, 7) is 0.721. The summed E-state index contributed by atoms with van der Waals surface area (Å²) >= 11 is 0. The van der Waals surface area contributed by atoms with E-state index in [1.54, 1.807) is 19.1 Å². The zero-order valence-corrected chi connectivity index (χ0v) is 22.4. The maximum atomic E-state index is 13.8. The van der Waals surface area contributed by atoms with Crippen LogP contribution in [0.3, 0.4) is 0 Å². The van der Waals surface area contributed by atoms with Gasteiger partial charge in [0.15, 0.2) is 11.5 Å². The van der Waals surface area contributed by atoms with Crippen LogP contribution in [0.25, 0.3) is 0 Å². The molecule has 0 aliphatic carbocycles. The number of nitrogens with one attached hydrogen (secondary N) is 1. The molecule has 200 valence electrons. The van der Waals surface area contributed by atoms with Crippen LogP contribution < -0.4 is 14.8 Å². The van der Waals surface area contributed by atoms with E-state index >= 15 is 0 Å². The lowest BCUT2D eigenvalue weighted by Crippen LogP contribution is -2.44. The van der Waals surface area contributed by atoms with Crippen molar-refractivity contribution in [2.45, 2.75) is 25.4 Å². The van der Waals surface area contributed by atoms with Gasteiger partial charge in [0.2, 0.25) is 11.8 Å². The minimum absolute atomic E-state index is 0.117. The van der Waals surface area contributed by atoms with Gasteiger partial charge >= 0.3 is 0 Å². The number of hydrogen-bond acceptors (Lipinski definition) is 4. The molecule has 1 atom stereocenters. The number of hydrogen-bond donors (Lipinski definition) is 1. The molecule has 1 N–H and O–H groups in total. The van der Waals surface area contributed by atoms with Crippen LogP contribution in [0.15, 0.2) is 109 Å². The molecular weight excluding hydrogens is 488 g/mol. The van der Waals surface area contributed by atoms with Crippen LogP contribution in [0.1, 0.15) is 28.3 Å². The van der Waals surface area contributed by atoms with Crippen molar-refractivity contribution in [3.05, 3.63) is 131 Å². The zero-order valence-electron chi connectivity index (χ0n) is 22.4. The van der Waals surface area contributed by atoms with E-state index < -0.39 is 6.04 Å². The number of benzene rings is 4. The molecule has 0 aliphatic heterocycles. The summed E-state index contributed by atoms with van der Waals surface area (Å²) in [6, 6.07) is 33.8. The summed E-state index contributed by atoms with van der Waals surface area (Å²) in [5, 5.41) is 3.08. The van der Waals surface area contributed by atoms with Crippen LogP contribution in [0, 0.1) is 0 Å². The van der Waals surface area contributed by atoms with Gasteiger partial charge in [-0.05, 0) is 40.8 Å². The topological polar surface area (TPSA) is 67.9 Å². The predicted molar refractivity (Wildman–Crippen MR) is 153 cm³/mol. The number of amides is 2. The number of carbonyl (C=O) groups excluding carboxylic acids is 2. The van der Waals surface area contributed by atoms with Gasteiger partial charge in [-0.2, -0.15) is 0 Å². The van der Waals surface area contributed by atoms with Gasteiger partial charge in [-0.15, -0.1) is 0 Å². The fourth-order valence-electron chi connectivity index (χ4n) is 4.55. The Morgan fingerprint density at radius 1 is 0.718 bits per heavy atom. The zero-order chi connectivity index (χ0) is 27.5. The smallest absolute Gasteiger partial charge is 0.247 e. The molecule has 6 heteroatoms. The van der Waals surface area contributed by atoms with Crippen LogP contribution in [-0.2, 0) is 29.0 Å². The van der Waals surface area contributed by atoms with Gasteiger partial charge < -0.3 is 19.7 Å². The van der Waals surface area contributed by atoms with Gasteiger partial charge in [-0.3, -0.25) is 9.59 Å². The van der Waals surface area contributed by atoms with Gasteiger partial charge in [0.05, 0.1) is 20.6 Å². The summed E-state index contributed by atoms with van der Waals surface area (Å²) in [5.74, 6) is 0.958. The average molecular weight is 523 g/mol. The monoisotopic (exact) mass is 522 g/mol. The van der Waals surface area contributed by atoms with Gasteiger partial charge in [-0.1, -0.05) is 97.1 Å². The Kier molecular flexibility index (Phi) is 9.73. The molecule has 0 fully saturated rings. The lowest BCUT2D eigenvalue weighted by molar-refractivity contribution is -0.141. The molecular formula is C33H34N2O4. The fourth-order valence-corrected chi connectivity index (χ4v) is 4.55. The Morgan fingerprint density at radius 3 is 1.92 bits per heavy atom. The van der Waals surface area contributed by atoms with E-state index in [1.165, 1.54) is 0 Å². The molecule has 39 heavy (non-hydrogen) atoms. The van der Waals surface area contributed by atoms with Gasteiger partial charge in [-0.25, -0.2) is 0 Å². The molecule has 0 unspecified atom stereocenters. The van der Waals surface area contributed by atoms with E-state index in [9.17, 15) is 9.59 Å². The third-order valence-corrected chi connectivity index (χ3v) is 6.55. The Bertz CT molecular complexity index is 1340. The second-order valence-corrected chi connectivity index (χ2v) is 9.21. The molecule has 0 spiro atoms. The van der Waals surface area contributed by atoms with E-state index in [0.29, 0.717) is 31.0 Å². The number of carbonyl (C=O) groups is 2. The first kappa shape index (κ1) is 27.5. The molecule has 0 aromatic heterocycles. The standard InChI is InChI=1S/C33H34N2O4/c1-38-29-19-18-26(22-30(29)39-2)20-21-34-33(37)32(28-16-10-5-11-17-28)35(24-27-14-8-4-9-15-27)31(36)23-25-12-6-3-7-13-25/h3-19,22,32H,20-21,23-24H2,1-2H3,(H,34,37)/t32-/m1/s1. The van der Waals surface area contributed by atoms with E-state index in [0.717, 1.165) is 22.3 Å². The Balaban J connectivity index is 1.58. The van der Waals surface area contributed by atoms with Crippen molar-refractivity contribution in [2.75, 3.05) is 20.8 Å². The number of methoxy groups -OCH3 is 2. The first-order chi connectivity index (χ1) is 19.1. The van der Waals surface area contributed by atoms with E-state index in [1.807, 2.05) is 109 Å². The highest BCUT2D eigenvalue weighted by Gasteiger charge is 2.31. The van der Waals surface area contributed by atoms with Crippen LogP contribution in [0.5, 0.6) is 11.5 Å². The molecule has 4 aromatic rings. The van der Waals surface area contributed by atoms with Crippen LogP contribution >= 0.6 is 0 Å². The number of rotatable bonds is 12. The molecule has 0 bridgehead atoms. The van der Waals surface area contributed by atoms with Gasteiger partial charge in [0.25, 0.3) is 0 Å². The first-order valence-electron chi connectivity index (χ1n) is 13.0. The number of ether oxygens (including phenoxy) is 2. The predicted octanol–water partition coefficient (Wildman–Crippen LogP) is 5.38. The normalized spacial score (nSPS) is 11.3. The maximum Gasteiger partial charge on any atom is 0.247 e. The third kappa shape index (κ3) is 7.48. The summed E-state index contributed by atoms with van der Waals surface area (Å²) in [6.07, 6.45) is 0.806. The SMILES string of the molecule is COc1ccc(CCNC(=O)[C@@H](c2ccccc2)N(Cc2ccccc2)C(=O)Cc2ccccc2)cc1OC. The molecule has 2 amide bonds. The molecule has 6 nitrogen and oxygen atoms in total. The van der Waals surface area contributed by atoms with Crippen molar-refractivity contribution in [2.24, 2.45) is 0 Å². The first-order valence-corrected chi connectivity index (χ1v) is 13.0. The molecule has 0 saturated carbocycles. The average Bonchev–Trinajstić information content (AvgIpc) is 2.98. The summed E-state index contributed by atoms with van der Waals surface area (Å²) in [7, 11) is 3.20. The van der Waals surface area contributed by atoms with Crippen LogP contribution in [0.4, 0.5) is 0 Å². The molecule has 0 aliphatic rings. The van der Waals surface area contributed by atoms with Crippen molar-refractivity contribution in [3.8, 4) is 11.5 Å². The van der Waals surface area contributed by atoms with Crippen LogP contribution in [-0.4, -0.2) is 37.5 Å². The van der Waals surface area contributed by atoms with Crippen molar-refractivity contribution in [1.29, 1.82) is 0 Å². The molecule has 0 radical (unpaired) electrons. The summed E-state index contributed by atoms with van der Waals surface area (Å²) in [5.41, 5.74) is 3.63. The largest absolute Gasteiger partial charge is 0.493 e. The van der Waals surface area contributed by atoms with E-state index in [-0.39, 0.29) is 18.2 Å². The van der Waals surface area contributed by atoms with Crippen molar-refractivity contribution in [3.63, 3.8) is 0 Å². The quantitative estimate of drug-likeness (QED) is 0.271. The minimum atomic E-state index is -0.784. The summed E-state index contributed by atoms with van der Waals surface area (Å²) < 4.78 is 10.7. The minimum Gasteiger partial charge on any atom is -0.493 e. The Labute approximate surface area is 230 Å². The second kappa shape index (κ2) is 13.8.